The van der Waals surface area contributed by atoms with Gasteiger partial charge in [0.25, 0.3) is 0 Å². The molecule has 0 saturated carbocycles. The molecule has 1 aromatic rings. The van der Waals surface area contributed by atoms with Gasteiger partial charge in [-0.05, 0) is 17.9 Å². The van der Waals surface area contributed by atoms with Gasteiger partial charge in [0.05, 0.1) is 0 Å². The third kappa shape index (κ3) is 4.53. The molecular weight excluding hydrogens is 222 g/mol. The van der Waals surface area contributed by atoms with Crippen LogP contribution in [0.3, 0.4) is 0 Å². The van der Waals surface area contributed by atoms with Gasteiger partial charge < -0.3 is 10.2 Å². The minimum Gasteiger partial charge on any atom is -0.358 e. The second-order valence-corrected chi connectivity index (χ2v) is 3.88. The van der Waals surface area contributed by atoms with Gasteiger partial charge in [0, 0.05) is 32.8 Å². The van der Waals surface area contributed by atoms with Crippen LogP contribution in [0.4, 0.5) is 5.82 Å². The Bertz CT molecular complexity index is 318. The quantitative estimate of drug-likeness (QED) is 0.727. The first-order valence-electron chi connectivity index (χ1n) is 5.23. The van der Waals surface area contributed by atoms with E-state index in [2.05, 4.69) is 22.9 Å². The molecule has 4 nitrogen and oxygen atoms in total. The molecule has 5 heteroatoms. The Morgan fingerprint density at radius 1 is 1.56 bits per heavy atom. The maximum Gasteiger partial charge on any atom is 0.220 e. The molecule has 0 spiro atoms. The van der Waals surface area contributed by atoms with Crippen LogP contribution in [-0.2, 0) is 4.79 Å². The Kier molecular flexibility index (Phi) is 5.71. The monoisotopic (exact) mass is 239 g/mol. The van der Waals surface area contributed by atoms with Gasteiger partial charge in [-0.15, -0.1) is 0 Å². The number of aromatic nitrogens is 1. The van der Waals surface area contributed by atoms with E-state index in [1.807, 2.05) is 30.1 Å². The van der Waals surface area contributed by atoms with Crippen LogP contribution in [-0.4, -0.2) is 36.8 Å². The zero-order valence-electron chi connectivity index (χ0n) is 9.39. The molecule has 1 heterocycles. The number of carbonyl (C=O) groups excluding carboxylic acids is 1. The zero-order chi connectivity index (χ0) is 11.8. The molecule has 0 radical (unpaired) electrons. The van der Waals surface area contributed by atoms with Crippen LogP contribution in [0.2, 0.25) is 0 Å². The van der Waals surface area contributed by atoms with Crippen LogP contribution in [0.25, 0.3) is 0 Å². The molecular formula is C11H17N3OS. The fraction of sp³-hybridized carbons (Fsp3) is 0.455. The number of nitrogens with one attached hydrogen (secondary N) is 1. The fourth-order valence-electron chi connectivity index (χ4n) is 1.25. The van der Waals surface area contributed by atoms with Crippen molar-refractivity contribution in [2.24, 2.45) is 0 Å². The zero-order valence-corrected chi connectivity index (χ0v) is 10.3. The Balaban J connectivity index is 2.26. The fourth-order valence-corrected chi connectivity index (χ4v) is 1.45. The number of hydrogen-bond acceptors (Lipinski definition) is 4. The number of carbonyl (C=O) groups is 1. The van der Waals surface area contributed by atoms with Gasteiger partial charge in [0.15, 0.2) is 0 Å². The largest absolute Gasteiger partial charge is 0.358 e. The number of hydrogen-bond donors (Lipinski definition) is 2. The van der Waals surface area contributed by atoms with Gasteiger partial charge in [0.1, 0.15) is 5.82 Å². The number of rotatable bonds is 6. The van der Waals surface area contributed by atoms with Crippen molar-refractivity contribution in [3.05, 3.63) is 24.4 Å². The van der Waals surface area contributed by atoms with E-state index in [1.54, 1.807) is 6.20 Å². The Hall–Kier alpha value is -1.23. The third-order valence-electron chi connectivity index (χ3n) is 2.15. The molecule has 0 bridgehead atoms. The summed E-state index contributed by atoms with van der Waals surface area (Å²) in [4.78, 5) is 17.4. The molecule has 0 saturated heterocycles. The number of pyridine rings is 1. The van der Waals surface area contributed by atoms with Crippen molar-refractivity contribution in [3.8, 4) is 0 Å². The molecule has 1 amide bonds. The van der Waals surface area contributed by atoms with Gasteiger partial charge >= 0.3 is 0 Å². The second-order valence-electron chi connectivity index (χ2n) is 3.43. The molecule has 1 N–H and O–H groups in total. The van der Waals surface area contributed by atoms with Crippen molar-refractivity contribution in [2.75, 3.05) is 30.8 Å². The minimum absolute atomic E-state index is 0.0458. The number of nitrogens with zero attached hydrogens (tertiary/aromatic N) is 2. The van der Waals surface area contributed by atoms with E-state index < -0.39 is 0 Å². The van der Waals surface area contributed by atoms with Crippen LogP contribution in [0.5, 0.6) is 0 Å². The van der Waals surface area contributed by atoms with Crippen molar-refractivity contribution in [1.82, 2.24) is 10.3 Å². The van der Waals surface area contributed by atoms with E-state index in [0.29, 0.717) is 18.7 Å². The van der Waals surface area contributed by atoms with E-state index >= 15 is 0 Å². The van der Waals surface area contributed by atoms with E-state index in [-0.39, 0.29) is 5.91 Å². The first-order valence-corrected chi connectivity index (χ1v) is 5.87. The SMILES string of the molecule is CN(CCNC(=O)CCS)c1ccccn1. The summed E-state index contributed by atoms with van der Waals surface area (Å²) in [6.45, 7) is 1.37. The Labute approximate surface area is 101 Å². The molecule has 88 valence electrons. The van der Waals surface area contributed by atoms with Crippen LogP contribution in [0.1, 0.15) is 6.42 Å². The molecule has 1 aromatic heterocycles. The van der Waals surface area contributed by atoms with Crippen LogP contribution < -0.4 is 10.2 Å². The average Bonchev–Trinajstić information content (AvgIpc) is 2.30. The summed E-state index contributed by atoms with van der Waals surface area (Å²) < 4.78 is 0. The highest BCUT2D eigenvalue weighted by atomic mass is 32.1. The Morgan fingerprint density at radius 3 is 3.00 bits per heavy atom. The highest BCUT2D eigenvalue weighted by molar-refractivity contribution is 7.80. The topological polar surface area (TPSA) is 45.2 Å². The Morgan fingerprint density at radius 2 is 2.38 bits per heavy atom. The lowest BCUT2D eigenvalue weighted by atomic mass is 10.4. The molecule has 0 aliphatic heterocycles. The number of amides is 1. The lowest BCUT2D eigenvalue weighted by Crippen LogP contribution is -2.33. The van der Waals surface area contributed by atoms with E-state index in [4.69, 9.17) is 0 Å². The van der Waals surface area contributed by atoms with Gasteiger partial charge in [0.2, 0.25) is 5.91 Å². The lowest BCUT2D eigenvalue weighted by molar-refractivity contribution is -0.120. The van der Waals surface area contributed by atoms with Gasteiger partial charge in [-0.2, -0.15) is 12.6 Å². The van der Waals surface area contributed by atoms with Crippen LogP contribution >= 0.6 is 12.6 Å². The minimum atomic E-state index is 0.0458. The smallest absolute Gasteiger partial charge is 0.220 e. The van der Waals surface area contributed by atoms with Crippen molar-refractivity contribution in [3.63, 3.8) is 0 Å². The predicted octanol–water partition coefficient (Wildman–Crippen LogP) is 0.954. The van der Waals surface area contributed by atoms with Gasteiger partial charge in [-0.25, -0.2) is 4.98 Å². The highest BCUT2D eigenvalue weighted by Gasteiger charge is 2.02. The van der Waals surface area contributed by atoms with Crippen LogP contribution in [0.15, 0.2) is 24.4 Å². The van der Waals surface area contributed by atoms with Gasteiger partial charge in [-0.3, -0.25) is 4.79 Å². The summed E-state index contributed by atoms with van der Waals surface area (Å²) >= 11 is 4.00. The molecule has 0 fully saturated rings. The molecule has 0 unspecified atom stereocenters. The molecule has 0 aliphatic rings. The highest BCUT2D eigenvalue weighted by Crippen LogP contribution is 2.04. The molecule has 0 aromatic carbocycles. The summed E-state index contributed by atoms with van der Waals surface area (Å²) in [6, 6.07) is 5.76. The van der Waals surface area contributed by atoms with Gasteiger partial charge in [-0.1, -0.05) is 6.07 Å². The van der Waals surface area contributed by atoms with Crippen LogP contribution in [0, 0.1) is 0 Å². The maximum absolute atomic E-state index is 11.2. The molecule has 0 aliphatic carbocycles. The third-order valence-corrected chi connectivity index (χ3v) is 2.37. The summed E-state index contributed by atoms with van der Waals surface area (Å²) in [7, 11) is 1.95. The first kappa shape index (κ1) is 12.8. The summed E-state index contributed by atoms with van der Waals surface area (Å²) in [5.74, 6) is 1.54. The lowest BCUT2D eigenvalue weighted by Gasteiger charge is -2.17. The summed E-state index contributed by atoms with van der Waals surface area (Å²) in [6.07, 6.45) is 2.22. The molecule has 0 atom stereocenters. The van der Waals surface area contributed by atoms with E-state index in [0.717, 1.165) is 12.4 Å². The van der Waals surface area contributed by atoms with Crippen molar-refractivity contribution < 1.29 is 4.79 Å². The first-order chi connectivity index (χ1) is 7.74. The van der Waals surface area contributed by atoms with Crippen molar-refractivity contribution in [2.45, 2.75) is 6.42 Å². The van der Waals surface area contributed by atoms with E-state index in [9.17, 15) is 4.79 Å². The normalized spacial score (nSPS) is 9.88. The number of likely N-dealkylation sites (N-methyl/N-ethyl adjacent to an activating group) is 1. The summed E-state index contributed by atoms with van der Waals surface area (Å²) in [5.41, 5.74) is 0. The second kappa shape index (κ2) is 7.11. The maximum atomic E-state index is 11.2. The molecule has 1 rings (SSSR count). The average molecular weight is 239 g/mol. The standard InChI is InChI=1S/C11H17N3OS/c1-14(10-4-2-3-6-12-10)8-7-13-11(15)5-9-16/h2-4,6,16H,5,7-9H2,1H3,(H,13,15). The van der Waals surface area contributed by atoms with Crippen molar-refractivity contribution in [1.29, 1.82) is 0 Å². The van der Waals surface area contributed by atoms with Crippen molar-refractivity contribution >= 4 is 24.4 Å². The number of thiol groups is 1. The predicted molar refractivity (Wildman–Crippen MR) is 69.0 cm³/mol. The summed E-state index contributed by atoms with van der Waals surface area (Å²) in [5, 5.41) is 2.83. The molecule has 16 heavy (non-hydrogen) atoms. The number of anilines is 1. The van der Waals surface area contributed by atoms with E-state index in [1.165, 1.54) is 0 Å².